The molecule has 0 aliphatic carbocycles. The number of esters is 1. The molecule has 0 aliphatic heterocycles. The third-order valence-electron chi connectivity index (χ3n) is 2.41. The van der Waals surface area contributed by atoms with E-state index in [0.29, 0.717) is 0 Å². The standard InChI is InChI=1S/C13H13NO2S/c1-9-13(17-8-14-9)12(16-10(2)15)11-6-4-3-5-7-11/h3-8,12H,1-2H3. The Balaban J connectivity index is 2.39. The lowest BCUT2D eigenvalue weighted by atomic mass is 10.1. The first-order chi connectivity index (χ1) is 8.18. The molecular weight excluding hydrogens is 234 g/mol. The van der Waals surface area contributed by atoms with Crippen LogP contribution in [0.15, 0.2) is 35.8 Å². The second-order valence-electron chi connectivity index (χ2n) is 3.70. The zero-order valence-corrected chi connectivity index (χ0v) is 10.5. The van der Waals surface area contributed by atoms with Crippen LogP contribution in [0.3, 0.4) is 0 Å². The highest BCUT2D eigenvalue weighted by Crippen LogP contribution is 2.31. The van der Waals surface area contributed by atoms with E-state index in [0.717, 1.165) is 16.1 Å². The molecule has 0 aliphatic rings. The number of carbonyl (C=O) groups excluding carboxylic acids is 1. The Morgan fingerprint density at radius 1 is 1.35 bits per heavy atom. The molecule has 1 heterocycles. The van der Waals surface area contributed by atoms with Gasteiger partial charge in [0, 0.05) is 6.92 Å². The van der Waals surface area contributed by atoms with E-state index in [1.807, 2.05) is 37.3 Å². The topological polar surface area (TPSA) is 39.2 Å². The van der Waals surface area contributed by atoms with Gasteiger partial charge in [0.05, 0.1) is 16.1 Å². The average molecular weight is 247 g/mol. The molecule has 1 unspecified atom stereocenters. The summed E-state index contributed by atoms with van der Waals surface area (Å²) in [4.78, 5) is 16.4. The number of nitrogens with zero attached hydrogens (tertiary/aromatic N) is 1. The van der Waals surface area contributed by atoms with E-state index in [2.05, 4.69) is 4.98 Å². The fraction of sp³-hybridized carbons (Fsp3) is 0.231. The number of hydrogen-bond acceptors (Lipinski definition) is 4. The predicted molar refractivity (Wildman–Crippen MR) is 66.9 cm³/mol. The highest BCUT2D eigenvalue weighted by atomic mass is 32.1. The van der Waals surface area contributed by atoms with Crippen LogP contribution in [-0.4, -0.2) is 11.0 Å². The van der Waals surface area contributed by atoms with Gasteiger partial charge in [-0.1, -0.05) is 30.3 Å². The minimum absolute atomic E-state index is 0.286. The molecule has 0 spiro atoms. The summed E-state index contributed by atoms with van der Waals surface area (Å²) in [6, 6.07) is 9.71. The Morgan fingerprint density at radius 2 is 2.06 bits per heavy atom. The molecule has 0 bridgehead atoms. The van der Waals surface area contributed by atoms with E-state index in [4.69, 9.17) is 4.74 Å². The van der Waals surface area contributed by atoms with Crippen LogP contribution in [0.1, 0.15) is 29.2 Å². The Morgan fingerprint density at radius 3 is 2.59 bits per heavy atom. The van der Waals surface area contributed by atoms with Crippen molar-refractivity contribution in [3.05, 3.63) is 52.0 Å². The van der Waals surface area contributed by atoms with Gasteiger partial charge in [0.2, 0.25) is 0 Å². The van der Waals surface area contributed by atoms with Crippen molar-refractivity contribution in [1.82, 2.24) is 4.98 Å². The highest BCUT2D eigenvalue weighted by molar-refractivity contribution is 7.09. The number of ether oxygens (including phenoxy) is 1. The molecule has 17 heavy (non-hydrogen) atoms. The minimum atomic E-state index is -0.346. The van der Waals surface area contributed by atoms with Crippen LogP contribution in [-0.2, 0) is 9.53 Å². The normalized spacial score (nSPS) is 12.1. The monoisotopic (exact) mass is 247 g/mol. The maximum Gasteiger partial charge on any atom is 0.303 e. The van der Waals surface area contributed by atoms with Gasteiger partial charge in [-0.2, -0.15) is 0 Å². The predicted octanol–water partition coefficient (Wildman–Crippen LogP) is 3.10. The summed E-state index contributed by atoms with van der Waals surface area (Å²) in [5, 5.41) is 0. The van der Waals surface area contributed by atoms with Gasteiger partial charge >= 0.3 is 5.97 Å². The zero-order chi connectivity index (χ0) is 12.3. The van der Waals surface area contributed by atoms with Crippen LogP contribution in [0.25, 0.3) is 0 Å². The van der Waals surface area contributed by atoms with Crippen LogP contribution >= 0.6 is 11.3 Å². The summed E-state index contributed by atoms with van der Waals surface area (Å²) in [6.07, 6.45) is -0.346. The Bertz CT molecular complexity index is 507. The molecule has 4 heteroatoms. The van der Waals surface area contributed by atoms with Crippen LogP contribution in [0, 0.1) is 6.92 Å². The number of thiazole rings is 1. The first kappa shape index (κ1) is 11.8. The summed E-state index contributed by atoms with van der Waals surface area (Å²) in [5.74, 6) is -0.286. The maximum absolute atomic E-state index is 11.2. The van der Waals surface area contributed by atoms with E-state index in [9.17, 15) is 4.79 Å². The molecule has 2 rings (SSSR count). The summed E-state index contributed by atoms with van der Waals surface area (Å²) >= 11 is 1.51. The summed E-state index contributed by atoms with van der Waals surface area (Å²) < 4.78 is 5.39. The number of benzene rings is 1. The number of aryl methyl sites for hydroxylation is 1. The number of aromatic nitrogens is 1. The van der Waals surface area contributed by atoms with Gasteiger partial charge in [-0.25, -0.2) is 4.98 Å². The molecule has 1 aromatic carbocycles. The quantitative estimate of drug-likeness (QED) is 0.782. The van der Waals surface area contributed by atoms with E-state index in [-0.39, 0.29) is 12.1 Å². The lowest BCUT2D eigenvalue weighted by Gasteiger charge is -2.16. The molecule has 0 saturated heterocycles. The third kappa shape index (κ3) is 2.71. The highest BCUT2D eigenvalue weighted by Gasteiger charge is 2.20. The molecular formula is C13H13NO2S. The Hall–Kier alpha value is -1.68. The smallest absolute Gasteiger partial charge is 0.303 e. The molecule has 1 aromatic heterocycles. The fourth-order valence-corrected chi connectivity index (χ4v) is 2.48. The molecule has 0 saturated carbocycles. The fourth-order valence-electron chi connectivity index (χ4n) is 1.63. The molecule has 0 amide bonds. The summed E-state index contributed by atoms with van der Waals surface area (Å²) in [7, 11) is 0. The Labute approximate surface area is 104 Å². The van der Waals surface area contributed by atoms with Crippen molar-refractivity contribution in [2.24, 2.45) is 0 Å². The molecule has 0 fully saturated rings. The van der Waals surface area contributed by atoms with E-state index in [1.165, 1.54) is 18.3 Å². The lowest BCUT2D eigenvalue weighted by Crippen LogP contribution is -2.09. The number of rotatable bonds is 3. The van der Waals surface area contributed by atoms with Crippen LogP contribution in [0.5, 0.6) is 0 Å². The molecule has 1 atom stereocenters. The summed E-state index contributed by atoms with van der Waals surface area (Å²) in [6.45, 7) is 3.34. The van der Waals surface area contributed by atoms with Crippen molar-refractivity contribution in [1.29, 1.82) is 0 Å². The SMILES string of the molecule is CC(=O)OC(c1ccccc1)c1scnc1C. The van der Waals surface area contributed by atoms with Crippen molar-refractivity contribution in [3.8, 4) is 0 Å². The third-order valence-corrected chi connectivity index (χ3v) is 3.38. The zero-order valence-electron chi connectivity index (χ0n) is 9.71. The van der Waals surface area contributed by atoms with Crippen molar-refractivity contribution in [2.45, 2.75) is 20.0 Å². The van der Waals surface area contributed by atoms with Crippen LogP contribution < -0.4 is 0 Å². The molecule has 88 valence electrons. The van der Waals surface area contributed by atoms with E-state index >= 15 is 0 Å². The summed E-state index contributed by atoms with van der Waals surface area (Å²) in [5.41, 5.74) is 3.64. The molecule has 0 N–H and O–H groups in total. The number of hydrogen-bond donors (Lipinski definition) is 0. The van der Waals surface area contributed by atoms with Gasteiger partial charge in [-0.15, -0.1) is 11.3 Å². The van der Waals surface area contributed by atoms with Gasteiger partial charge in [-0.3, -0.25) is 4.79 Å². The van der Waals surface area contributed by atoms with Crippen molar-refractivity contribution in [3.63, 3.8) is 0 Å². The Kier molecular flexibility index (Phi) is 3.54. The second-order valence-corrected chi connectivity index (χ2v) is 4.59. The first-order valence-corrected chi connectivity index (χ1v) is 6.18. The van der Waals surface area contributed by atoms with E-state index in [1.54, 1.807) is 5.51 Å². The molecule has 2 aromatic rings. The first-order valence-electron chi connectivity index (χ1n) is 5.30. The lowest BCUT2D eigenvalue weighted by molar-refractivity contribution is -0.144. The van der Waals surface area contributed by atoms with Crippen molar-refractivity contribution < 1.29 is 9.53 Å². The van der Waals surface area contributed by atoms with Gasteiger partial charge in [0.25, 0.3) is 0 Å². The molecule has 0 radical (unpaired) electrons. The van der Waals surface area contributed by atoms with Crippen molar-refractivity contribution in [2.75, 3.05) is 0 Å². The average Bonchev–Trinajstić information content (AvgIpc) is 2.73. The van der Waals surface area contributed by atoms with E-state index < -0.39 is 0 Å². The minimum Gasteiger partial charge on any atom is -0.452 e. The van der Waals surface area contributed by atoms with Gasteiger partial charge in [0.1, 0.15) is 0 Å². The van der Waals surface area contributed by atoms with Gasteiger partial charge < -0.3 is 4.74 Å². The van der Waals surface area contributed by atoms with Crippen LogP contribution in [0.4, 0.5) is 0 Å². The maximum atomic E-state index is 11.2. The van der Waals surface area contributed by atoms with Gasteiger partial charge in [0.15, 0.2) is 6.10 Å². The number of carbonyl (C=O) groups is 1. The van der Waals surface area contributed by atoms with Crippen LogP contribution in [0.2, 0.25) is 0 Å². The van der Waals surface area contributed by atoms with Gasteiger partial charge in [-0.05, 0) is 12.5 Å². The molecule has 3 nitrogen and oxygen atoms in total. The second kappa shape index (κ2) is 5.10. The largest absolute Gasteiger partial charge is 0.452 e. The van der Waals surface area contributed by atoms with Crippen molar-refractivity contribution >= 4 is 17.3 Å².